The highest BCUT2D eigenvalue weighted by molar-refractivity contribution is 7.99. The molecule has 6 heteroatoms. The molecule has 0 radical (unpaired) electrons. The van der Waals surface area contributed by atoms with Crippen LogP contribution in [0.15, 0.2) is 6.33 Å². The second-order valence-corrected chi connectivity index (χ2v) is 5.33. The van der Waals surface area contributed by atoms with E-state index in [0.717, 1.165) is 17.9 Å². The molecule has 102 valence electrons. The fraction of sp³-hybridized carbons (Fsp3) is 0.667. The van der Waals surface area contributed by atoms with E-state index in [4.69, 9.17) is 10.5 Å². The van der Waals surface area contributed by atoms with Crippen molar-refractivity contribution in [2.75, 3.05) is 23.8 Å². The van der Waals surface area contributed by atoms with Gasteiger partial charge in [-0.1, -0.05) is 6.92 Å². The minimum Gasteiger partial charge on any atom is -0.461 e. The molecule has 0 saturated carbocycles. The molecule has 0 aliphatic carbocycles. The number of esters is 1. The van der Waals surface area contributed by atoms with Gasteiger partial charge in [0, 0.05) is 6.04 Å². The third-order valence-corrected chi connectivity index (χ3v) is 3.59. The van der Waals surface area contributed by atoms with E-state index < -0.39 is 5.97 Å². The molecule has 2 N–H and O–H groups in total. The Kier molecular flexibility index (Phi) is 6.04. The number of hydrogen-bond donors (Lipinski definition) is 1. The highest BCUT2D eigenvalue weighted by Gasteiger charge is 2.19. The van der Waals surface area contributed by atoms with Gasteiger partial charge in [-0.3, -0.25) is 0 Å². The van der Waals surface area contributed by atoms with Crippen molar-refractivity contribution in [3.63, 3.8) is 0 Å². The number of aromatic nitrogens is 2. The van der Waals surface area contributed by atoms with Crippen molar-refractivity contribution in [2.45, 2.75) is 33.2 Å². The van der Waals surface area contributed by atoms with Crippen molar-refractivity contribution in [1.82, 2.24) is 9.55 Å². The van der Waals surface area contributed by atoms with Gasteiger partial charge >= 0.3 is 5.97 Å². The monoisotopic (exact) mass is 271 g/mol. The number of carbonyl (C=O) groups excluding carboxylic acids is 1. The Morgan fingerprint density at radius 2 is 2.33 bits per heavy atom. The molecule has 5 nitrogen and oxygen atoms in total. The zero-order valence-electron chi connectivity index (χ0n) is 11.2. The second kappa shape index (κ2) is 7.31. The van der Waals surface area contributed by atoms with Crippen molar-refractivity contribution in [1.29, 1.82) is 0 Å². The molecule has 0 saturated heterocycles. The van der Waals surface area contributed by atoms with Crippen LogP contribution in [0.3, 0.4) is 0 Å². The fourth-order valence-corrected chi connectivity index (χ4v) is 2.41. The number of nitrogens with zero attached hydrogens (tertiary/aromatic N) is 2. The summed E-state index contributed by atoms with van der Waals surface area (Å²) >= 11 is 1.89. The van der Waals surface area contributed by atoms with E-state index in [1.807, 2.05) is 16.3 Å². The molecule has 1 heterocycles. The third kappa shape index (κ3) is 3.66. The zero-order valence-corrected chi connectivity index (χ0v) is 12.0. The van der Waals surface area contributed by atoms with E-state index >= 15 is 0 Å². The molecule has 0 aliphatic rings. The van der Waals surface area contributed by atoms with Gasteiger partial charge in [-0.15, -0.1) is 0 Å². The smallest absolute Gasteiger partial charge is 0.360 e. The lowest BCUT2D eigenvalue weighted by atomic mass is 10.2. The van der Waals surface area contributed by atoms with Gasteiger partial charge in [0.15, 0.2) is 5.69 Å². The number of ether oxygens (including phenoxy) is 1. The summed E-state index contributed by atoms with van der Waals surface area (Å²) in [4.78, 5) is 15.6. The maximum absolute atomic E-state index is 11.6. The SMILES string of the molecule is CCOC(=O)c1ncn(C(C)CCSCC)c1N. The number of hydrogen-bond acceptors (Lipinski definition) is 5. The van der Waals surface area contributed by atoms with Crippen LogP contribution in [0.5, 0.6) is 0 Å². The Bertz CT molecular complexity index is 393. The molecule has 18 heavy (non-hydrogen) atoms. The summed E-state index contributed by atoms with van der Waals surface area (Å²) in [6.45, 7) is 6.30. The van der Waals surface area contributed by atoms with Crippen LogP contribution in [0, 0.1) is 0 Å². The van der Waals surface area contributed by atoms with Crippen LogP contribution in [-0.2, 0) is 4.74 Å². The number of anilines is 1. The summed E-state index contributed by atoms with van der Waals surface area (Å²) in [5.74, 6) is 2.12. The summed E-state index contributed by atoms with van der Waals surface area (Å²) in [5, 5.41) is 0. The zero-order chi connectivity index (χ0) is 13.5. The summed E-state index contributed by atoms with van der Waals surface area (Å²) in [6, 6.07) is 0.236. The van der Waals surface area contributed by atoms with Crippen LogP contribution in [0.4, 0.5) is 5.82 Å². The van der Waals surface area contributed by atoms with Gasteiger partial charge in [0.25, 0.3) is 0 Å². The minimum atomic E-state index is -0.455. The Morgan fingerprint density at radius 1 is 1.61 bits per heavy atom. The van der Waals surface area contributed by atoms with E-state index in [0.29, 0.717) is 12.4 Å². The Hall–Kier alpha value is -1.17. The molecule has 0 aliphatic heterocycles. The van der Waals surface area contributed by atoms with Gasteiger partial charge in [0.1, 0.15) is 5.82 Å². The average molecular weight is 271 g/mol. The Labute approximate surface area is 112 Å². The molecule has 1 atom stereocenters. The quantitative estimate of drug-likeness (QED) is 0.609. The van der Waals surface area contributed by atoms with Gasteiger partial charge in [-0.25, -0.2) is 9.78 Å². The largest absolute Gasteiger partial charge is 0.461 e. The second-order valence-electron chi connectivity index (χ2n) is 3.94. The number of carbonyl (C=O) groups is 1. The standard InChI is InChI=1S/C12H21N3O2S/c1-4-17-12(16)10-11(13)15(8-14-10)9(3)6-7-18-5-2/h8-9H,4-7,13H2,1-3H3. The number of rotatable bonds is 7. The molecule has 1 aromatic heterocycles. The molecule has 1 aromatic rings. The first-order chi connectivity index (χ1) is 8.61. The van der Waals surface area contributed by atoms with E-state index in [2.05, 4.69) is 18.8 Å². The molecular formula is C12H21N3O2S. The van der Waals surface area contributed by atoms with Crippen molar-refractivity contribution in [3.05, 3.63) is 12.0 Å². The van der Waals surface area contributed by atoms with Crippen LogP contribution < -0.4 is 5.73 Å². The molecule has 1 rings (SSSR count). The number of nitrogens with two attached hydrogens (primary N) is 1. The van der Waals surface area contributed by atoms with Crippen LogP contribution in [0.25, 0.3) is 0 Å². The van der Waals surface area contributed by atoms with Crippen LogP contribution in [0.2, 0.25) is 0 Å². The highest BCUT2D eigenvalue weighted by Crippen LogP contribution is 2.21. The summed E-state index contributed by atoms with van der Waals surface area (Å²) in [6.07, 6.45) is 2.62. The van der Waals surface area contributed by atoms with Crippen LogP contribution >= 0.6 is 11.8 Å². The average Bonchev–Trinajstić information content (AvgIpc) is 2.71. The normalized spacial score (nSPS) is 12.4. The lowest BCUT2D eigenvalue weighted by Gasteiger charge is -2.14. The van der Waals surface area contributed by atoms with Gasteiger partial charge < -0.3 is 15.0 Å². The molecular weight excluding hydrogens is 250 g/mol. The van der Waals surface area contributed by atoms with Gasteiger partial charge in [0.05, 0.1) is 12.9 Å². The highest BCUT2D eigenvalue weighted by atomic mass is 32.2. The maximum Gasteiger partial charge on any atom is 0.360 e. The van der Waals surface area contributed by atoms with Crippen molar-refractivity contribution in [2.24, 2.45) is 0 Å². The first-order valence-corrected chi connectivity index (χ1v) is 7.34. The lowest BCUT2D eigenvalue weighted by Crippen LogP contribution is -2.12. The van der Waals surface area contributed by atoms with Crippen molar-refractivity contribution < 1.29 is 9.53 Å². The Balaban J connectivity index is 2.70. The van der Waals surface area contributed by atoms with Gasteiger partial charge in [0.2, 0.25) is 0 Å². The van der Waals surface area contributed by atoms with Crippen molar-refractivity contribution >= 4 is 23.5 Å². The minimum absolute atomic E-state index is 0.215. The van der Waals surface area contributed by atoms with Crippen molar-refractivity contribution in [3.8, 4) is 0 Å². The van der Waals surface area contributed by atoms with Gasteiger partial charge in [-0.05, 0) is 31.8 Å². The van der Waals surface area contributed by atoms with Crippen LogP contribution in [0.1, 0.15) is 43.7 Å². The molecule has 0 spiro atoms. The maximum atomic E-state index is 11.6. The third-order valence-electron chi connectivity index (χ3n) is 2.66. The van der Waals surface area contributed by atoms with Crippen LogP contribution in [-0.4, -0.2) is 33.6 Å². The lowest BCUT2D eigenvalue weighted by molar-refractivity contribution is 0.0521. The van der Waals surface area contributed by atoms with E-state index in [9.17, 15) is 4.79 Å². The predicted molar refractivity (Wildman–Crippen MR) is 74.9 cm³/mol. The molecule has 0 amide bonds. The molecule has 0 bridgehead atoms. The summed E-state index contributed by atoms with van der Waals surface area (Å²) in [7, 11) is 0. The van der Waals surface area contributed by atoms with E-state index in [1.165, 1.54) is 0 Å². The fourth-order valence-electron chi connectivity index (χ4n) is 1.62. The first-order valence-electron chi connectivity index (χ1n) is 6.18. The molecule has 0 aromatic carbocycles. The predicted octanol–water partition coefficient (Wildman–Crippen LogP) is 2.35. The molecule has 0 fully saturated rings. The molecule has 1 unspecified atom stereocenters. The van der Waals surface area contributed by atoms with E-state index in [-0.39, 0.29) is 11.7 Å². The summed E-state index contributed by atoms with van der Waals surface area (Å²) in [5.41, 5.74) is 6.15. The number of nitrogen functional groups attached to an aromatic ring is 1. The van der Waals surface area contributed by atoms with Gasteiger partial charge in [-0.2, -0.15) is 11.8 Å². The van der Waals surface area contributed by atoms with E-state index in [1.54, 1.807) is 13.3 Å². The topological polar surface area (TPSA) is 70.1 Å². The number of imidazole rings is 1. The first kappa shape index (κ1) is 14.9. The summed E-state index contributed by atoms with van der Waals surface area (Å²) < 4.78 is 6.74. The Morgan fingerprint density at radius 3 is 2.94 bits per heavy atom. The number of thioether (sulfide) groups is 1.